The number of aliphatic carboxylic acids is 2. The molecule has 0 spiro atoms. The lowest BCUT2D eigenvalue weighted by Gasteiger charge is -2.72. The number of aliphatic hydroxyl groups is 7. The molecule has 20 aliphatic carbocycles. The van der Waals surface area contributed by atoms with E-state index in [0.717, 1.165) is 109 Å². The average molecular weight is 1810 g/mol. The number of hydrogen-bond acceptors (Lipinski definition) is 9. The van der Waals surface area contributed by atoms with Crippen molar-refractivity contribution in [2.24, 2.45) is 214 Å². The fraction of sp³-hybridized carbons (Fsp3) is 0.917. The van der Waals surface area contributed by atoms with Crippen molar-refractivity contribution in [3.05, 3.63) is 47.1 Å². The Hall–Kier alpha value is -2.38. The minimum absolute atomic E-state index is 0.00785. The van der Waals surface area contributed by atoms with E-state index in [1.54, 1.807) is 11.1 Å². The third-order valence-corrected chi connectivity index (χ3v) is 53.0. The lowest BCUT2D eigenvalue weighted by atomic mass is 9.32. The summed E-state index contributed by atoms with van der Waals surface area (Å²) in [5.74, 6) is 7.32. The molecule has 0 aromatic rings. The van der Waals surface area contributed by atoms with E-state index in [-0.39, 0.29) is 111 Å². The van der Waals surface area contributed by atoms with Gasteiger partial charge < -0.3 is 46.0 Å². The maximum absolute atomic E-state index is 12.8. The Morgan fingerprint density at radius 1 is 0.351 bits per heavy atom. The molecule has 17 saturated carbocycles. The summed E-state index contributed by atoms with van der Waals surface area (Å²) in [6.45, 7) is 70.9. The highest BCUT2D eigenvalue weighted by Crippen LogP contribution is 2.83. The summed E-state index contributed by atoms with van der Waals surface area (Å²) in [7, 11) is 0. The van der Waals surface area contributed by atoms with Crippen LogP contribution in [-0.4, -0.2) is 102 Å². The molecule has 0 unspecified atom stereocenters. The molecule has 11 heteroatoms. The summed E-state index contributed by atoms with van der Waals surface area (Å²) in [6.07, 6.45) is 47.9. The standard InChI is InChI=1S/C30H48O4.C30H48O3.2C30H50O2/c1-25(2)12-14-30(24(33)34)15-13-28(6)18(19(30)16-25)8-9-22-27(5)17-20(31)23(32)26(3,4)21(27)10-11-29(22,28)7;1-18(2)19-10-15-30(25(32)33)17-16-28(6)20(24(19)30)8-9-22-27(5)13-12-23(31)26(3,4)21(27)11-14-29(22,28)7;1-19-10-15-30(18-31)17-16-28(6)21(25(30)20(19)2)8-9-23-27(5)13-12-24(32)26(3,4)22(27)11-14-29(23,28)7;1-25(2)14-16-30(19-31)17-15-28(6)20(21(30)18-25)8-9-23-27(5)12-11-24(32)26(3,4)22(27)10-13-29(23,28)7/h8,19-23,31-32H,9-17H2,1-7H3,(H,33,34);19-24,31H,1,8-17H2,2-7H3,(H,32,33);8,19-20,22-25,31-32H,9-18H2,1-7H3;8,21-24,31-32H,9-19H2,1-7H3/t19-,20+,21-,22+,23-,27-,28+,29+,30-;19-,20+,21-,22+,23-,24+,27-,28+,29+,30-;19-,20+,22+,23-,24+,25+,27+,28-,29-,30-;21-,22-,23+,24-,27-,28+,29+,30+/m0010/s1. The third-order valence-electron chi connectivity index (χ3n) is 53.0. The molecule has 17 fully saturated rings. The number of carboxylic acid groups (broad SMARTS) is 2. The van der Waals surface area contributed by atoms with Crippen LogP contribution in [0, 0.1) is 214 Å². The maximum atomic E-state index is 12.8. The van der Waals surface area contributed by atoms with Gasteiger partial charge in [0.1, 0.15) is 0 Å². The first-order chi connectivity index (χ1) is 60.4. The quantitative estimate of drug-likeness (QED) is 0.118. The van der Waals surface area contributed by atoms with Crippen LogP contribution in [0.3, 0.4) is 0 Å². The van der Waals surface area contributed by atoms with E-state index in [0.29, 0.717) is 124 Å². The molecule has 0 amide bonds. The largest absolute Gasteiger partial charge is 0.481 e. The molecule has 20 rings (SSSR count). The van der Waals surface area contributed by atoms with Gasteiger partial charge in [-0.1, -0.05) is 227 Å². The number of hydrogen-bond donors (Lipinski definition) is 9. The predicted molar refractivity (Wildman–Crippen MR) is 531 cm³/mol. The van der Waals surface area contributed by atoms with E-state index in [2.05, 4.69) is 212 Å². The second-order valence-electron chi connectivity index (χ2n) is 59.4. The van der Waals surface area contributed by atoms with Crippen molar-refractivity contribution < 1.29 is 55.5 Å². The fourth-order valence-corrected chi connectivity index (χ4v) is 43.8. The van der Waals surface area contributed by atoms with E-state index in [4.69, 9.17) is 0 Å². The summed E-state index contributed by atoms with van der Waals surface area (Å²) in [5.41, 5.74) is 8.04. The Morgan fingerprint density at radius 3 is 1.21 bits per heavy atom. The molecule has 11 nitrogen and oxygen atoms in total. The second-order valence-corrected chi connectivity index (χ2v) is 59.4. The summed E-state index contributed by atoms with van der Waals surface area (Å²) < 4.78 is 0. The van der Waals surface area contributed by atoms with Crippen LogP contribution in [0.4, 0.5) is 0 Å². The normalized spacial score (nSPS) is 54.8. The molecular weight excluding hydrogens is 1620 g/mol. The van der Waals surface area contributed by atoms with Gasteiger partial charge in [-0.15, -0.1) is 0 Å². The van der Waals surface area contributed by atoms with E-state index in [1.165, 1.54) is 146 Å². The Labute approximate surface area is 798 Å². The molecule has 0 radical (unpaired) electrons. The lowest BCUT2D eigenvalue weighted by molar-refractivity contribution is -0.248. The van der Waals surface area contributed by atoms with Gasteiger partial charge in [-0.25, -0.2) is 0 Å². The number of carboxylic acids is 2. The van der Waals surface area contributed by atoms with E-state index < -0.39 is 35.0 Å². The number of rotatable bonds is 5. The summed E-state index contributed by atoms with van der Waals surface area (Å²) in [5, 5.41) is 96.8. The molecule has 0 aliphatic heterocycles. The molecule has 0 bridgehead atoms. The van der Waals surface area contributed by atoms with E-state index in [9.17, 15) is 55.5 Å². The molecule has 0 aromatic carbocycles. The first-order valence-corrected chi connectivity index (χ1v) is 55.3. The van der Waals surface area contributed by atoms with Gasteiger partial charge in [0, 0.05) is 24.0 Å². The minimum Gasteiger partial charge on any atom is -0.481 e. The predicted octanol–water partition coefficient (Wildman–Crippen LogP) is 27.4. The van der Waals surface area contributed by atoms with Crippen molar-refractivity contribution in [2.45, 2.75) is 461 Å². The molecule has 131 heavy (non-hydrogen) atoms. The lowest BCUT2D eigenvalue weighted by Crippen LogP contribution is -2.67. The average Bonchev–Trinajstić information content (AvgIpc) is 1.01. The molecule has 0 saturated heterocycles. The van der Waals surface area contributed by atoms with Crippen molar-refractivity contribution in [1.29, 1.82) is 0 Å². The number of allylic oxidation sites excluding steroid dienone is 7. The highest BCUT2D eigenvalue weighted by atomic mass is 16.4. The van der Waals surface area contributed by atoms with Crippen molar-refractivity contribution in [3.63, 3.8) is 0 Å². The zero-order valence-electron chi connectivity index (χ0n) is 88.7. The van der Waals surface area contributed by atoms with Gasteiger partial charge >= 0.3 is 11.9 Å². The molecule has 0 heterocycles. The Bertz CT molecular complexity index is 4500. The van der Waals surface area contributed by atoms with Gasteiger partial charge in [0.15, 0.2) is 0 Å². The molecule has 9 N–H and O–H groups in total. The van der Waals surface area contributed by atoms with Crippen LogP contribution < -0.4 is 0 Å². The third kappa shape index (κ3) is 13.5. The number of carbonyl (C=O) groups is 2. The zero-order valence-corrected chi connectivity index (χ0v) is 88.7. The van der Waals surface area contributed by atoms with Crippen molar-refractivity contribution in [1.82, 2.24) is 0 Å². The van der Waals surface area contributed by atoms with Crippen LogP contribution in [-0.2, 0) is 9.59 Å². The van der Waals surface area contributed by atoms with Gasteiger partial charge in [0.25, 0.3) is 0 Å². The Kier molecular flexibility index (Phi) is 24.3. The minimum atomic E-state index is -0.679. The summed E-state index contributed by atoms with van der Waals surface area (Å²) in [4.78, 5) is 25.5. The SMILES string of the molecule is C=C(C)[C@@H]1CC[C@]2(C(=O)O)CC[C@]3(C)[C@H](CC[C@@H]4[C@@]5(C)CC[C@H](O)C(C)(C)[C@@H]5CC[C@]43C)[C@@H]12.CC1(C)CC[C@]2(C(=O)O)CC[C@]3(C)C(=CC[C@@H]4[C@@]5(C)C[C@@H](O)[C@H](O)C(C)(C)[C@@H]5CC[C@]43C)[C@@H]2C1.CC1(C)CC[C@]2(CO)CC[C@]3(C)C(=CC[C@@H]4[C@@]5(C)CC[C@H](O)C(C)(C)[C@@H]5CC[C@]43C)[C@@H]2C1.C[C@H]1[C@H](C)CC[C@]2(CO)CC[C@]3(C)C(=CC[C@@H]4[C@@]5(C)CC[C@H](O)C(C)(C)[C@@H]5CC[C@]43C)[C@H]12. The maximum Gasteiger partial charge on any atom is 0.310 e. The smallest absolute Gasteiger partial charge is 0.310 e. The first-order valence-electron chi connectivity index (χ1n) is 55.3. The Balaban J connectivity index is 0.000000122. The highest BCUT2D eigenvalue weighted by molar-refractivity contribution is 5.77. The summed E-state index contributed by atoms with van der Waals surface area (Å²) in [6, 6.07) is 0. The van der Waals surface area contributed by atoms with Crippen LogP contribution >= 0.6 is 0 Å². The molecule has 37 atom stereocenters. The van der Waals surface area contributed by atoms with Crippen LogP contribution in [0.25, 0.3) is 0 Å². The monoisotopic (exact) mass is 1810 g/mol. The van der Waals surface area contributed by atoms with Gasteiger partial charge in [-0.2, -0.15) is 0 Å². The van der Waals surface area contributed by atoms with E-state index in [1.807, 2.05) is 0 Å². The van der Waals surface area contributed by atoms with Gasteiger partial charge in [-0.05, 0) is 443 Å². The van der Waals surface area contributed by atoms with Crippen molar-refractivity contribution in [3.8, 4) is 0 Å². The van der Waals surface area contributed by atoms with Gasteiger partial charge in [-0.3, -0.25) is 9.59 Å². The van der Waals surface area contributed by atoms with E-state index >= 15 is 0 Å². The van der Waals surface area contributed by atoms with Crippen molar-refractivity contribution in [2.75, 3.05) is 13.2 Å². The second kappa shape index (κ2) is 31.8. The fourth-order valence-electron chi connectivity index (χ4n) is 43.8. The molecule has 20 aliphatic rings. The van der Waals surface area contributed by atoms with Gasteiger partial charge in [0.2, 0.25) is 0 Å². The van der Waals surface area contributed by atoms with Crippen LogP contribution in [0.15, 0.2) is 47.1 Å². The molecular formula is C120H196O11. The number of fused-ring (bicyclic) bond motifs is 28. The highest BCUT2D eigenvalue weighted by Gasteiger charge is 2.77. The first kappa shape index (κ1) is 100. The molecule has 0 aromatic heterocycles. The topological polar surface area (TPSA) is 216 Å². The summed E-state index contributed by atoms with van der Waals surface area (Å²) >= 11 is 0. The molecule has 742 valence electrons. The van der Waals surface area contributed by atoms with Gasteiger partial charge in [0.05, 0.1) is 41.3 Å². The zero-order chi connectivity index (χ0) is 96.0. The Morgan fingerprint density at radius 2 is 0.740 bits per heavy atom. The number of aliphatic hydroxyl groups excluding tert-OH is 7. The van der Waals surface area contributed by atoms with Crippen molar-refractivity contribution >= 4 is 11.9 Å². The van der Waals surface area contributed by atoms with Crippen LogP contribution in [0.2, 0.25) is 0 Å². The van der Waals surface area contributed by atoms with Crippen LogP contribution in [0.5, 0.6) is 0 Å². The van der Waals surface area contributed by atoms with Crippen LogP contribution in [0.1, 0.15) is 431 Å².